The molecule has 0 aliphatic carbocycles. The number of halogens is 1. The van der Waals surface area contributed by atoms with Crippen LogP contribution in [0.15, 0.2) is 40.9 Å². The molecule has 0 bridgehead atoms. The van der Waals surface area contributed by atoms with Gasteiger partial charge < -0.3 is 9.47 Å². The molecular formula is C16H13BrO3. The van der Waals surface area contributed by atoms with Gasteiger partial charge in [-0.05, 0) is 42.0 Å². The number of benzene rings is 2. The third-order valence-electron chi connectivity index (χ3n) is 3.36. The van der Waals surface area contributed by atoms with Gasteiger partial charge >= 0.3 is 0 Å². The van der Waals surface area contributed by atoms with Gasteiger partial charge in [0.15, 0.2) is 5.78 Å². The summed E-state index contributed by atoms with van der Waals surface area (Å²) in [4.78, 5) is 12.6. The van der Waals surface area contributed by atoms with Gasteiger partial charge in [-0.3, -0.25) is 4.79 Å². The summed E-state index contributed by atoms with van der Waals surface area (Å²) < 4.78 is 11.6. The number of ketones is 1. The quantitative estimate of drug-likeness (QED) is 0.805. The van der Waals surface area contributed by atoms with Gasteiger partial charge in [-0.15, -0.1) is 0 Å². The Labute approximate surface area is 125 Å². The van der Waals surface area contributed by atoms with Crippen LogP contribution in [-0.4, -0.2) is 19.5 Å². The maximum Gasteiger partial charge on any atom is 0.196 e. The van der Waals surface area contributed by atoms with E-state index >= 15 is 0 Å². The van der Waals surface area contributed by atoms with E-state index in [-0.39, 0.29) is 5.78 Å². The Morgan fingerprint density at radius 3 is 2.90 bits per heavy atom. The maximum atomic E-state index is 12.6. The summed E-state index contributed by atoms with van der Waals surface area (Å²) >= 11 is 3.39. The molecule has 0 saturated carbocycles. The van der Waals surface area contributed by atoms with Crippen LogP contribution < -0.4 is 9.47 Å². The molecular weight excluding hydrogens is 320 g/mol. The summed E-state index contributed by atoms with van der Waals surface area (Å²) in [6, 6.07) is 11.0. The molecule has 0 spiro atoms. The first-order valence-electron chi connectivity index (χ1n) is 6.33. The summed E-state index contributed by atoms with van der Waals surface area (Å²) in [6.07, 6.45) is 0.853. The topological polar surface area (TPSA) is 35.5 Å². The lowest BCUT2D eigenvalue weighted by molar-refractivity contribution is 0.103. The van der Waals surface area contributed by atoms with Crippen molar-refractivity contribution in [1.29, 1.82) is 0 Å². The highest BCUT2D eigenvalue weighted by Gasteiger charge is 2.18. The highest BCUT2D eigenvalue weighted by molar-refractivity contribution is 9.10. The highest BCUT2D eigenvalue weighted by atomic mass is 79.9. The normalized spacial score (nSPS) is 12.7. The first-order chi connectivity index (χ1) is 9.69. The van der Waals surface area contributed by atoms with Crippen LogP contribution >= 0.6 is 15.9 Å². The molecule has 1 aliphatic rings. The Kier molecular flexibility index (Phi) is 3.49. The Balaban J connectivity index is 2.02. The zero-order valence-corrected chi connectivity index (χ0v) is 12.6. The van der Waals surface area contributed by atoms with Gasteiger partial charge in [-0.1, -0.05) is 15.9 Å². The van der Waals surface area contributed by atoms with Crippen LogP contribution in [0.4, 0.5) is 0 Å². The average molecular weight is 333 g/mol. The lowest BCUT2D eigenvalue weighted by Crippen LogP contribution is -2.04. The van der Waals surface area contributed by atoms with Gasteiger partial charge in [0.1, 0.15) is 11.5 Å². The fourth-order valence-corrected chi connectivity index (χ4v) is 2.70. The second-order valence-corrected chi connectivity index (χ2v) is 5.51. The minimum atomic E-state index is -0.0437. The molecule has 0 amide bonds. The van der Waals surface area contributed by atoms with Crippen LogP contribution in [0, 0.1) is 0 Å². The summed E-state index contributed by atoms with van der Waals surface area (Å²) in [7, 11) is 1.57. The van der Waals surface area contributed by atoms with E-state index in [0.29, 0.717) is 23.5 Å². The molecule has 0 saturated heterocycles. The number of carbonyl (C=O) groups is 1. The third-order valence-corrected chi connectivity index (χ3v) is 3.85. The summed E-state index contributed by atoms with van der Waals surface area (Å²) in [5.74, 6) is 1.41. The van der Waals surface area contributed by atoms with Gasteiger partial charge in [0.25, 0.3) is 0 Å². The number of carbonyl (C=O) groups excluding carboxylic acids is 1. The average Bonchev–Trinajstić information content (AvgIpc) is 2.93. The van der Waals surface area contributed by atoms with E-state index in [9.17, 15) is 4.79 Å². The standard InChI is InChI=1S/C16H13BrO3/c1-19-15-5-3-12(17)9-13(15)16(18)11-2-4-14-10(8-11)6-7-20-14/h2-5,8-9H,6-7H2,1H3. The fourth-order valence-electron chi connectivity index (χ4n) is 2.34. The van der Waals surface area contributed by atoms with Crippen molar-refractivity contribution in [3.8, 4) is 11.5 Å². The molecule has 0 radical (unpaired) electrons. The summed E-state index contributed by atoms with van der Waals surface area (Å²) in [6.45, 7) is 0.688. The second-order valence-electron chi connectivity index (χ2n) is 4.59. The molecule has 20 heavy (non-hydrogen) atoms. The molecule has 1 aliphatic heterocycles. The monoisotopic (exact) mass is 332 g/mol. The van der Waals surface area contributed by atoms with Crippen molar-refractivity contribution < 1.29 is 14.3 Å². The van der Waals surface area contributed by atoms with Gasteiger partial charge in [-0.25, -0.2) is 0 Å². The van der Waals surface area contributed by atoms with Crippen LogP contribution in [0.25, 0.3) is 0 Å². The molecule has 0 unspecified atom stereocenters. The highest BCUT2D eigenvalue weighted by Crippen LogP contribution is 2.29. The molecule has 0 atom stereocenters. The second kappa shape index (κ2) is 5.29. The van der Waals surface area contributed by atoms with E-state index in [1.807, 2.05) is 18.2 Å². The minimum absolute atomic E-state index is 0.0437. The van der Waals surface area contributed by atoms with Crippen molar-refractivity contribution in [2.75, 3.05) is 13.7 Å². The molecule has 2 aromatic carbocycles. The minimum Gasteiger partial charge on any atom is -0.496 e. The van der Waals surface area contributed by atoms with Gasteiger partial charge in [0.2, 0.25) is 0 Å². The molecule has 1 heterocycles. The predicted molar refractivity (Wildman–Crippen MR) is 79.8 cm³/mol. The number of ether oxygens (including phenoxy) is 2. The smallest absolute Gasteiger partial charge is 0.196 e. The van der Waals surface area contributed by atoms with Gasteiger partial charge in [0, 0.05) is 16.5 Å². The molecule has 3 rings (SSSR count). The van der Waals surface area contributed by atoms with Crippen molar-refractivity contribution in [2.45, 2.75) is 6.42 Å². The van der Waals surface area contributed by atoms with Crippen LogP contribution in [0.3, 0.4) is 0 Å². The molecule has 0 N–H and O–H groups in total. The number of rotatable bonds is 3. The molecule has 4 heteroatoms. The summed E-state index contributed by atoms with van der Waals surface area (Å²) in [5.41, 5.74) is 2.30. The van der Waals surface area contributed by atoms with E-state index in [4.69, 9.17) is 9.47 Å². The zero-order valence-electron chi connectivity index (χ0n) is 11.0. The Hall–Kier alpha value is -1.81. The molecule has 0 aromatic heterocycles. The number of hydrogen-bond donors (Lipinski definition) is 0. The van der Waals surface area contributed by atoms with Crippen LogP contribution in [0.5, 0.6) is 11.5 Å². The van der Waals surface area contributed by atoms with Gasteiger partial charge in [0.05, 0.1) is 19.3 Å². The Morgan fingerprint density at radius 2 is 2.10 bits per heavy atom. The lowest BCUT2D eigenvalue weighted by Gasteiger charge is -2.09. The molecule has 0 fully saturated rings. The predicted octanol–water partition coefficient (Wildman–Crippen LogP) is 3.62. The van der Waals surface area contributed by atoms with E-state index in [1.54, 1.807) is 25.3 Å². The zero-order chi connectivity index (χ0) is 14.1. The lowest BCUT2D eigenvalue weighted by atomic mass is 10.00. The van der Waals surface area contributed by atoms with E-state index in [2.05, 4.69) is 15.9 Å². The largest absolute Gasteiger partial charge is 0.496 e. The van der Waals surface area contributed by atoms with Gasteiger partial charge in [-0.2, -0.15) is 0 Å². The van der Waals surface area contributed by atoms with E-state index < -0.39 is 0 Å². The van der Waals surface area contributed by atoms with Crippen LogP contribution in [-0.2, 0) is 6.42 Å². The first-order valence-corrected chi connectivity index (χ1v) is 7.12. The third kappa shape index (κ3) is 2.31. The maximum absolute atomic E-state index is 12.6. The van der Waals surface area contributed by atoms with Crippen molar-refractivity contribution in [3.05, 3.63) is 57.6 Å². The molecule has 3 nitrogen and oxygen atoms in total. The number of hydrogen-bond acceptors (Lipinski definition) is 3. The molecule has 102 valence electrons. The van der Waals surface area contributed by atoms with Crippen molar-refractivity contribution >= 4 is 21.7 Å². The van der Waals surface area contributed by atoms with E-state index in [0.717, 1.165) is 22.2 Å². The van der Waals surface area contributed by atoms with Crippen molar-refractivity contribution in [1.82, 2.24) is 0 Å². The van der Waals surface area contributed by atoms with Crippen LogP contribution in [0.2, 0.25) is 0 Å². The first kappa shape index (κ1) is 13.2. The number of methoxy groups -OCH3 is 1. The SMILES string of the molecule is COc1ccc(Br)cc1C(=O)c1ccc2c(c1)CCO2. The Morgan fingerprint density at radius 1 is 1.25 bits per heavy atom. The van der Waals surface area contributed by atoms with Crippen molar-refractivity contribution in [3.63, 3.8) is 0 Å². The Bertz CT molecular complexity index is 679. The van der Waals surface area contributed by atoms with Crippen LogP contribution in [0.1, 0.15) is 21.5 Å². The van der Waals surface area contributed by atoms with Crippen molar-refractivity contribution in [2.24, 2.45) is 0 Å². The molecule has 2 aromatic rings. The number of fused-ring (bicyclic) bond motifs is 1. The summed E-state index contributed by atoms with van der Waals surface area (Å²) in [5, 5.41) is 0. The van der Waals surface area contributed by atoms with E-state index in [1.165, 1.54) is 0 Å². The fraction of sp³-hybridized carbons (Fsp3) is 0.188.